The van der Waals surface area contributed by atoms with Gasteiger partial charge in [-0.3, -0.25) is 5.32 Å². The van der Waals surface area contributed by atoms with E-state index < -0.39 is 11.7 Å². The van der Waals surface area contributed by atoms with Gasteiger partial charge in [0.25, 0.3) is 0 Å². The van der Waals surface area contributed by atoms with Crippen LogP contribution < -0.4 is 5.32 Å². The van der Waals surface area contributed by atoms with Crippen LogP contribution >= 0.6 is 35.3 Å². The maximum atomic E-state index is 11.3. The molecular weight excluding hydrogens is 257 g/mol. The Hall–Kier alpha value is -0.450. The molecule has 1 aromatic heterocycles. The highest BCUT2D eigenvalue weighted by Crippen LogP contribution is 2.26. The fourth-order valence-corrected chi connectivity index (χ4v) is 1.71. The zero-order valence-electron chi connectivity index (χ0n) is 8.67. The van der Waals surface area contributed by atoms with Crippen molar-refractivity contribution in [1.82, 2.24) is 0 Å². The van der Waals surface area contributed by atoms with E-state index in [9.17, 15) is 4.79 Å². The van der Waals surface area contributed by atoms with E-state index in [2.05, 4.69) is 5.32 Å². The molecular formula is C9H13Cl2NO2S. The number of anilines is 1. The van der Waals surface area contributed by atoms with E-state index in [-0.39, 0.29) is 12.4 Å². The first-order valence-corrected chi connectivity index (χ1v) is 5.31. The van der Waals surface area contributed by atoms with Gasteiger partial charge in [0.2, 0.25) is 0 Å². The smallest absolute Gasteiger partial charge is 0.412 e. The maximum Gasteiger partial charge on any atom is 0.412 e. The summed E-state index contributed by atoms with van der Waals surface area (Å²) in [5, 5.41) is 3.28. The predicted molar refractivity (Wildman–Crippen MR) is 66.4 cm³/mol. The Labute approximate surface area is 104 Å². The van der Waals surface area contributed by atoms with Crippen LogP contribution in [0.4, 0.5) is 9.80 Å². The average Bonchev–Trinajstić information content (AvgIpc) is 2.30. The van der Waals surface area contributed by atoms with Crippen molar-refractivity contribution in [2.24, 2.45) is 0 Å². The van der Waals surface area contributed by atoms with Gasteiger partial charge in [0, 0.05) is 0 Å². The number of hydrogen-bond donors (Lipinski definition) is 1. The van der Waals surface area contributed by atoms with Gasteiger partial charge in [0.1, 0.15) is 5.60 Å². The third kappa shape index (κ3) is 5.87. The Morgan fingerprint density at radius 3 is 2.47 bits per heavy atom. The second kappa shape index (κ2) is 5.58. The number of carbonyl (C=O) groups excluding carboxylic acids is 1. The molecule has 3 nitrogen and oxygen atoms in total. The van der Waals surface area contributed by atoms with Gasteiger partial charge in [-0.15, -0.1) is 23.7 Å². The first-order valence-electron chi connectivity index (χ1n) is 4.12. The largest absolute Gasteiger partial charge is 0.444 e. The number of nitrogens with one attached hydrogen (secondary N) is 1. The van der Waals surface area contributed by atoms with E-state index in [0.29, 0.717) is 9.34 Å². The van der Waals surface area contributed by atoms with Crippen molar-refractivity contribution in [3.8, 4) is 0 Å². The quantitative estimate of drug-likeness (QED) is 0.831. The molecule has 6 heteroatoms. The fourth-order valence-electron chi connectivity index (χ4n) is 0.786. The Morgan fingerprint density at radius 1 is 1.47 bits per heavy atom. The molecule has 0 unspecified atom stereocenters. The summed E-state index contributed by atoms with van der Waals surface area (Å²) in [4.78, 5) is 11.3. The highest BCUT2D eigenvalue weighted by Gasteiger charge is 2.16. The van der Waals surface area contributed by atoms with Gasteiger partial charge < -0.3 is 4.74 Å². The molecule has 0 aromatic carbocycles. The minimum Gasteiger partial charge on any atom is -0.444 e. The van der Waals surface area contributed by atoms with Crippen LogP contribution in [0.3, 0.4) is 0 Å². The van der Waals surface area contributed by atoms with Crippen molar-refractivity contribution in [3.63, 3.8) is 0 Å². The van der Waals surface area contributed by atoms with Gasteiger partial charge in [-0.05, 0) is 32.9 Å². The Balaban J connectivity index is 0.00000196. The molecule has 1 heterocycles. The van der Waals surface area contributed by atoms with E-state index >= 15 is 0 Å². The summed E-state index contributed by atoms with van der Waals surface area (Å²) in [6.45, 7) is 5.44. The van der Waals surface area contributed by atoms with Crippen molar-refractivity contribution < 1.29 is 9.53 Å². The highest BCUT2D eigenvalue weighted by atomic mass is 35.5. The van der Waals surface area contributed by atoms with Gasteiger partial charge in [0.05, 0.1) is 9.34 Å². The molecule has 0 aliphatic rings. The molecule has 0 spiro atoms. The first kappa shape index (κ1) is 14.6. The average molecular weight is 270 g/mol. The SMILES string of the molecule is CC(C)(C)OC(=O)Nc1ccc(Cl)s1.Cl. The van der Waals surface area contributed by atoms with Gasteiger partial charge >= 0.3 is 6.09 Å². The second-order valence-corrected chi connectivity index (χ2v) is 5.45. The predicted octanol–water partition coefficient (Wildman–Crippen LogP) is 4.17. The van der Waals surface area contributed by atoms with Gasteiger partial charge in [-0.2, -0.15) is 0 Å². The summed E-state index contributed by atoms with van der Waals surface area (Å²) >= 11 is 7.00. The van der Waals surface area contributed by atoms with Crippen LogP contribution in [0.5, 0.6) is 0 Å². The summed E-state index contributed by atoms with van der Waals surface area (Å²) in [5.41, 5.74) is -0.481. The van der Waals surface area contributed by atoms with Crippen molar-refractivity contribution in [3.05, 3.63) is 16.5 Å². The summed E-state index contributed by atoms with van der Waals surface area (Å²) < 4.78 is 5.70. The molecule has 0 atom stereocenters. The standard InChI is InChI=1S/C9H12ClNO2S.ClH/c1-9(2,3)13-8(12)11-7-5-4-6(10)14-7;/h4-5H,1-3H3,(H,11,12);1H. The molecule has 1 amide bonds. The van der Waals surface area contributed by atoms with Crippen molar-refractivity contribution in [1.29, 1.82) is 0 Å². The number of rotatable bonds is 1. The van der Waals surface area contributed by atoms with Crippen LogP contribution in [0.15, 0.2) is 12.1 Å². The van der Waals surface area contributed by atoms with E-state index in [0.717, 1.165) is 0 Å². The number of halogens is 2. The number of ether oxygens (including phenoxy) is 1. The Kier molecular flexibility index (Phi) is 5.42. The zero-order valence-corrected chi connectivity index (χ0v) is 11.1. The molecule has 0 saturated heterocycles. The first-order chi connectivity index (χ1) is 6.37. The minimum absolute atomic E-state index is 0. The third-order valence-electron chi connectivity index (χ3n) is 1.20. The summed E-state index contributed by atoms with van der Waals surface area (Å²) in [7, 11) is 0. The number of hydrogen-bond acceptors (Lipinski definition) is 3. The number of amides is 1. The topological polar surface area (TPSA) is 38.3 Å². The molecule has 15 heavy (non-hydrogen) atoms. The minimum atomic E-state index is -0.481. The molecule has 0 aliphatic carbocycles. The lowest BCUT2D eigenvalue weighted by Crippen LogP contribution is -2.26. The summed E-state index contributed by atoms with van der Waals surface area (Å²) in [6.07, 6.45) is -0.462. The molecule has 0 radical (unpaired) electrons. The van der Waals surface area contributed by atoms with Crippen LogP contribution in [0.1, 0.15) is 20.8 Å². The molecule has 0 aliphatic heterocycles. The van der Waals surface area contributed by atoms with E-state index in [1.807, 2.05) is 20.8 Å². The lowest BCUT2D eigenvalue weighted by Gasteiger charge is -2.19. The van der Waals surface area contributed by atoms with E-state index in [1.54, 1.807) is 12.1 Å². The van der Waals surface area contributed by atoms with Gasteiger partial charge in [-0.1, -0.05) is 11.6 Å². The lowest BCUT2D eigenvalue weighted by atomic mass is 10.2. The lowest BCUT2D eigenvalue weighted by molar-refractivity contribution is 0.0636. The summed E-state index contributed by atoms with van der Waals surface area (Å²) in [5.74, 6) is 0. The molecule has 1 rings (SSSR count). The Bertz CT molecular complexity index is 333. The molecule has 86 valence electrons. The normalized spacial score (nSPS) is 10.4. The maximum absolute atomic E-state index is 11.3. The molecule has 1 aromatic rings. The molecule has 0 saturated carbocycles. The number of carbonyl (C=O) groups is 1. The van der Waals surface area contributed by atoms with Crippen molar-refractivity contribution in [2.75, 3.05) is 5.32 Å². The van der Waals surface area contributed by atoms with Crippen molar-refractivity contribution in [2.45, 2.75) is 26.4 Å². The molecule has 0 bridgehead atoms. The van der Waals surface area contributed by atoms with Crippen molar-refractivity contribution >= 4 is 46.4 Å². The second-order valence-electron chi connectivity index (χ2n) is 3.73. The Morgan fingerprint density at radius 2 is 2.07 bits per heavy atom. The van der Waals surface area contributed by atoms with E-state index in [1.165, 1.54) is 11.3 Å². The molecule has 1 N–H and O–H groups in total. The summed E-state index contributed by atoms with van der Waals surface area (Å²) in [6, 6.07) is 3.45. The van der Waals surface area contributed by atoms with Crippen LogP contribution in [0.25, 0.3) is 0 Å². The van der Waals surface area contributed by atoms with E-state index in [4.69, 9.17) is 16.3 Å². The third-order valence-corrected chi connectivity index (χ3v) is 2.34. The fraction of sp³-hybridized carbons (Fsp3) is 0.444. The van der Waals surface area contributed by atoms with Gasteiger partial charge in [-0.25, -0.2) is 4.79 Å². The van der Waals surface area contributed by atoms with Crippen LogP contribution in [0, 0.1) is 0 Å². The van der Waals surface area contributed by atoms with Crippen LogP contribution in [-0.4, -0.2) is 11.7 Å². The molecule has 0 fully saturated rings. The van der Waals surface area contributed by atoms with Crippen LogP contribution in [-0.2, 0) is 4.74 Å². The zero-order chi connectivity index (χ0) is 10.8. The monoisotopic (exact) mass is 269 g/mol. The number of thiophene rings is 1. The van der Waals surface area contributed by atoms with Crippen LogP contribution in [0.2, 0.25) is 4.34 Å². The highest BCUT2D eigenvalue weighted by molar-refractivity contribution is 7.20. The van der Waals surface area contributed by atoms with Gasteiger partial charge in [0.15, 0.2) is 0 Å².